The van der Waals surface area contributed by atoms with Crippen LogP contribution >= 0.6 is 11.6 Å². The number of methoxy groups -OCH3 is 2. The Morgan fingerprint density at radius 3 is 2.07 bits per heavy atom. The average Bonchev–Trinajstić information content (AvgIpc) is 3.02. The molecule has 0 amide bonds. The van der Waals surface area contributed by atoms with Gasteiger partial charge in [-0.05, 0) is 84.3 Å². The van der Waals surface area contributed by atoms with Crippen molar-refractivity contribution in [2.75, 3.05) is 19.5 Å². The Morgan fingerprint density at radius 1 is 0.773 bits per heavy atom. The van der Waals surface area contributed by atoms with Crippen LogP contribution < -0.4 is 19.5 Å². The molecule has 224 valence electrons. The highest BCUT2D eigenvalue weighted by molar-refractivity contribution is 6.31. The van der Waals surface area contributed by atoms with Crippen molar-refractivity contribution in [3.8, 4) is 23.0 Å². The number of anilines is 2. The van der Waals surface area contributed by atoms with Gasteiger partial charge >= 0.3 is 5.97 Å². The van der Waals surface area contributed by atoms with Crippen molar-refractivity contribution in [3.63, 3.8) is 0 Å². The minimum atomic E-state index is -0.595. The summed E-state index contributed by atoms with van der Waals surface area (Å²) in [5, 5.41) is 13.5. The normalized spacial score (nSPS) is 11.0. The predicted octanol–water partition coefficient (Wildman–Crippen LogP) is 7.59. The first-order valence-electron chi connectivity index (χ1n) is 13.5. The van der Waals surface area contributed by atoms with Crippen LogP contribution in [-0.4, -0.2) is 36.9 Å². The summed E-state index contributed by atoms with van der Waals surface area (Å²) in [6.07, 6.45) is 5.37. The molecule has 0 aliphatic carbocycles. The van der Waals surface area contributed by atoms with Gasteiger partial charge in [-0.25, -0.2) is 4.79 Å². The van der Waals surface area contributed by atoms with Gasteiger partial charge in [-0.15, -0.1) is 0 Å². The Labute approximate surface area is 260 Å². The molecule has 8 nitrogen and oxygen atoms in total. The molecule has 0 unspecified atom stereocenters. The molecule has 0 bridgehead atoms. The summed E-state index contributed by atoms with van der Waals surface area (Å²) in [5.74, 6) is -0.624. The molecule has 4 rings (SSSR count). The number of carbonyl (C=O) groups is 3. The maximum atomic E-state index is 13.2. The largest absolute Gasteiger partial charge is 0.504 e. The first-order valence-corrected chi connectivity index (χ1v) is 13.9. The molecule has 0 radical (unpaired) electrons. The van der Waals surface area contributed by atoms with Crippen molar-refractivity contribution in [1.29, 1.82) is 0 Å². The van der Waals surface area contributed by atoms with Crippen molar-refractivity contribution in [2.45, 2.75) is 13.3 Å². The molecular formula is C35H30ClNO7. The Hall–Kier alpha value is -5.34. The number of aromatic hydroxyl groups is 1. The highest BCUT2D eigenvalue weighted by Crippen LogP contribution is 2.32. The van der Waals surface area contributed by atoms with E-state index in [4.69, 9.17) is 25.8 Å². The van der Waals surface area contributed by atoms with Crippen molar-refractivity contribution in [3.05, 3.63) is 118 Å². The zero-order valence-electron chi connectivity index (χ0n) is 24.3. The summed E-state index contributed by atoms with van der Waals surface area (Å²) in [6.45, 7) is 1.88. The summed E-state index contributed by atoms with van der Waals surface area (Å²) in [4.78, 5) is 37.9. The number of halogens is 1. The van der Waals surface area contributed by atoms with E-state index in [0.717, 1.165) is 11.3 Å². The number of hydrogen-bond acceptors (Lipinski definition) is 8. The lowest BCUT2D eigenvalue weighted by molar-refractivity contribution is -0.121. The Balaban J connectivity index is 1.40. The van der Waals surface area contributed by atoms with Crippen molar-refractivity contribution in [2.24, 2.45) is 0 Å². The van der Waals surface area contributed by atoms with Gasteiger partial charge in [0.05, 0.1) is 31.9 Å². The third-order valence-corrected chi connectivity index (χ3v) is 6.96. The quantitative estimate of drug-likeness (QED) is 0.0729. The molecule has 0 heterocycles. The molecule has 0 spiro atoms. The fourth-order valence-corrected chi connectivity index (χ4v) is 4.33. The lowest BCUT2D eigenvalue weighted by Gasteiger charge is -2.15. The molecule has 0 atom stereocenters. The van der Waals surface area contributed by atoms with Crippen LogP contribution in [0.4, 0.5) is 11.4 Å². The first kappa shape index (κ1) is 31.6. The maximum absolute atomic E-state index is 13.2. The summed E-state index contributed by atoms with van der Waals surface area (Å²) >= 11 is 6.25. The average molecular weight is 612 g/mol. The SMILES string of the molecule is COc1cc(/C=C/C(=O)CC(=O)/C=C/c2ccc(OC(=O)c3ccccc3Nc3cccc(Cl)c3C)c(OC)c2)ccc1O. The molecule has 4 aromatic carbocycles. The topological polar surface area (TPSA) is 111 Å². The smallest absolute Gasteiger partial charge is 0.345 e. The van der Waals surface area contributed by atoms with Crippen LogP contribution in [0.15, 0.2) is 91.0 Å². The number of esters is 1. The van der Waals surface area contributed by atoms with E-state index >= 15 is 0 Å². The molecule has 44 heavy (non-hydrogen) atoms. The molecular weight excluding hydrogens is 582 g/mol. The minimum Gasteiger partial charge on any atom is -0.504 e. The Bertz CT molecular complexity index is 1760. The van der Waals surface area contributed by atoms with Gasteiger partial charge in [0.15, 0.2) is 34.6 Å². The van der Waals surface area contributed by atoms with Crippen molar-refractivity contribution >= 4 is 52.7 Å². The molecule has 0 aliphatic rings. The maximum Gasteiger partial charge on any atom is 0.345 e. The summed E-state index contributed by atoms with van der Waals surface area (Å²) in [5.41, 5.74) is 3.71. The number of ether oxygens (including phenoxy) is 3. The minimum absolute atomic E-state index is 0.0123. The zero-order chi connectivity index (χ0) is 31.6. The third-order valence-electron chi connectivity index (χ3n) is 6.55. The van der Waals surface area contributed by atoms with Crippen molar-refractivity contribution in [1.82, 2.24) is 0 Å². The lowest BCUT2D eigenvalue weighted by atomic mass is 10.1. The van der Waals surface area contributed by atoms with E-state index in [0.29, 0.717) is 27.4 Å². The number of benzene rings is 4. The fraction of sp³-hybridized carbons (Fsp3) is 0.114. The molecule has 0 aliphatic heterocycles. The molecule has 2 N–H and O–H groups in total. The number of nitrogens with one attached hydrogen (secondary N) is 1. The number of ketones is 2. The van der Waals surface area contributed by atoms with Crippen LogP contribution in [0.25, 0.3) is 12.2 Å². The van der Waals surface area contributed by atoms with Gasteiger partial charge in [-0.1, -0.05) is 54.1 Å². The number of allylic oxidation sites excluding steroid dienone is 2. The van der Waals surface area contributed by atoms with E-state index in [-0.39, 0.29) is 35.2 Å². The summed E-state index contributed by atoms with van der Waals surface area (Å²) in [6, 6.07) is 21.9. The van der Waals surface area contributed by atoms with E-state index in [2.05, 4.69) is 5.32 Å². The lowest BCUT2D eigenvalue weighted by Crippen LogP contribution is -2.12. The zero-order valence-corrected chi connectivity index (χ0v) is 25.1. The number of rotatable bonds is 12. The summed E-state index contributed by atoms with van der Waals surface area (Å²) in [7, 11) is 2.87. The van der Waals surface area contributed by atoms with Gasteiger partial charge in [0.2, 0.25) is 0 Å². The summed E-state index contributed by atoms with van der Waals surface area (Å²) < 4.78 is 16.2. The standard InChI is InChI=1S/C35H30ClNO7/c1-22-28(36)8-6-10-29(22)37-30-9-5-4-7-27(30)35(41)44-32-18-14-24(20-34(32)43-3)12-16-26(39)21-25(38)15-11-23-13-17-31(40)33(19-23)42-2/h4-20,37,40H,21H2,1-3H3/b15-11+,16-12+. The fourth-order valence-electron chi connectivity index (χ4n) is 4.15. The number of hydrogen-bond donors (Lipinski definition) is 2. The number of carbonyl (C=O) groups excluding carboxylic acids is 3. The van der Waals surface area contributed by atoms with Crippen molar-refractivity contribution < 1.29 is 33.7 Å². The van der Waals surface area contributed by atoms with Gasteiger partial charge in [0, 0.05) is 10.7 Å². The Kier molecular flexibility index (Phi) is 10.6. The Morgan fingerprint density at radius 2 is 1.39 bits per heavy atom. The van der Waals surface area contributed by atoms with Crippen LogP contribution in [-0.2, 0) is 9.59 Å². The van der Waals surface area contributed by atoms with Gasteiger partial charge in [0.1, 0.15) is 0 Å². The second kappa shape index (κ2) is 14.7. The predicted molar refractivity (Wildman–Crippen MR) is 171 cm³/mol. The second-order valence-corrected chi connectivity index (χ2v) is 10.00. The van der Waals surface area contributed by atoms with Gasteiger partial charge in [0.25, 0.3) is 0 Å². The highest BCUT2D eigenvalue weighted by Gasteiger charge is 2.17. The van der Waals surface area contributed by atoms with Crippen LogP contribution in [0.3, 0.4) is 0 Å². The molecule has 0 aromatic heterocycles. The first-order chi connectivity index (χ1) is 21.2. The van der Waals surface area contributed by atoms with Crippen LogP contribution in [0.2, 0.25) is 5.02 Å². The molecule has 4 aromatic rings. The molecule has 0 saturated carbocycles. The second-order valence-electron chi connectivity index (χ2n) is 9.59. The monoisotopic (exact) mass is 611 g/mol. The molecule has 0 fully saturated rings. The van der Waals surface area contributed by atoms with Crippen LogP contribution in [0.5, 0.6) is 23.0 Å². The molecule has 0 saturated heterocycles. The van der Waals surface area contributed by atoms with Crippen LogP contribution in [0.1, 0.15) is 33.5 Å². The highest BCUT2D eigenvalue weighted by atomic mass is 35.5. The van der Waals surface area contributed by atoms with Gasteiger partial charge in [-0.2, -0.15) is 0 Å². The van der Waals surface area contributed by atoms with Crippen LogP contribution in [0, 0.1) is 6.92 Å². The van der Waals surface area contributed by atoms with Gasteiger partial charge in [-0.3, -0.25) is 9.59 Å². The van der Waals surface area contributed by atoms with Gasteiger partial charge < -0.3 is 24.6 Å². The van der Waals surface area contributed by atoms with E-state index in [1.165, 1.54) is 32.4 Å². The number of phenolic OH excluding ortho intramolecular Hbond substituents is 1. The van der Waals surface area contributed by atoms with E-state index in [1.807, 2.05) is 19.1 Å². The number of para-hydroxylation sites is 1. The van der Waals surface area contributed by atoms with E-state index < -0.39 is 11.8 Å². The third kappa shape index (κ3) is 8.14. The van der Waals surface area contributed by atoms with E-state index in [9.17, 15) is 19.5 Å². The number of phenols is 1. The molecule has 9 heteroatoms. The van der Waals surface area contributed by atoms with E-state index in [1.54, 1.807) is 72.8 Å².